The number of ether oxygens (including phenoxy) is 1. The number of aliphatic hydroxyl groups excluding tert-OH is 1. The second kappa shape index (κ2) is 5.97. The lowest BCUT2D eigenvalue weighted by Crippen LogP contribution is -2.38. The van der Waals surface area contributed by atoms with Gasteiger partial charge in [0.25, 0.3) is 5.91 Å². The Morgan fingerprint density at radius 2 is 2.00 bits per heavy atom. The number of carbonyl (C=O) groups excluding carboxylic acids is 1. The van der Waals surface area contributed by atoms with Crippen molar-refractivity contribution in [2.24, 2.45) is 0 Å². The summed E-state index contributed by atoms with van der Waals surface area (Å²) in [4.78, 5) is 24.0. The van der Waals surface area contributed by atoms with Crippen LogP contribution in [0.25, 0.3) is 0 Å². The number of carboxylic acid groups (broad SMARTS) is 1. The summed E-state index contributed by atoms with van der Waals surface area (Å²) in [6.45, 7) is 2.10. The topological polar surface area (TPSA) is 87.1 Å². The molecule has 0 spiro atoms. The molecule has 0 aromatic heterocycles. The van der Waals surface area contributed by atoms with E-state index < -0.39 is 24.3 Å². The highest BCUT2D eigenvalue weighted by atomic mass is 16.5. The Bertz CT molecular complexity index is 292. The maximum absolute atomic E-state index is 11.9. The van der Waals surface area contributed by atoms with E-state index >= 15 is 0 Å². The first-order valence-corrected chi connectivity index (χ1v) is 5.73. The van der Waals surface area contributed by atoms with E-state index in [4.69, 9.17) is 14.9 Å². The zero-order valence-corrected chi connectivity index (χ0v) is 10.1. The Morgan fingerprint density at radius 1 is 1.41 bits per heavy atom. The third-order valence-electron chi connectivity index (χ3n) is 2.83. The van der Waals surface area contributed by atoms with Gasteiger partial charge in [0, 0.05) is 13.6 Å². The van der Waals surface area contributed by atoms with Crippen LogP contribution in [-0.4, -0.2) is 58.9 Å². The number of carbonyl (C=O) groups is 2. The molecule has 1 aliphatic rings. The Morgan fingerprint density at radius 3 is 2.47 bits per heavy atom. The van der Waals surface area contributed by atoms with Gasteiger partial charge in [-0.2, -0.15) is 0 Å². The summed E-state index contributed by atoms with van der Waals surface area (Å²) in [5.41, 5.74) is 0. The van der Waals surface area contributed by atoms with Crippen molar-refractivity contribution in [1.82, 2.24) is 4.90 Å². The number of amides is 1. The molecule has 2 N–H and O–H groups in total. The van der Waals surface area contributed by atoms with Gasteiger partial charge in [0.1, 0.15) is 6.10 Å². The van der Waals surface area contributed by atoms with Crippen LogP contribution in [0.3, 0.4) is 0 Å². The summed E-state index contributed by atoms with van der Waals surface area (Å²) in [7, 11) is 1.63. The van der Waals surface area contributed by atoms with E-state index in [1.54, 1.807) is 14.0 Å². The molecule has 6 heteroatoms. The quantitative estimate of drug-likeness (QED) is 0.703. The zero-order valence-electron chi connectivity index (χ0n) is 10.1. The van der Waals surface area contributed by atoms with Gasteiger partial charge in [0.2, 0.25) is 0 Å². The molecule has 0 radical (unpaired) electrons. The lowest BCUT2D eigenvalue weighted by molar-refractivity contribution is -0.154. The molecular weight excluding hydrogens is 226 g/mol. The molecule has 1 aliphatic heterocycles. The van der Waals surface area contributed by atoms with Crippen LogP contribution >= 0.6 is 0 Å². The molecule has 3 unspecified atom stereocenters. The molecule has 0 saturated carbocycles. The maximum Gasteiger partial charge on any atom is 0.332 e. The largest absolute Gasteiger partial charge is 0.479 e. The van der Waals surface area contributed by atoms with Crippen LogP contribution in [0.15, 0.2) is 0 Å². The maximum atomic E-state index is 11.9. The molecule has 0 bridgehead atoms. The highest BCUT2D eigenvalue weighted by Gasteiger charge is 2.35. The molecule has 0 aromatic rings. The molecular formula is C11H19NO5. The minimum atomic E-state index is -1.02. The molecule has 98 valence electrons. The number of nitrogens with zero attached hydrogens (tertiary/aromatic N) is 1. The molecule has 1 amide bonds. The molecule has 1 saturated heterocycles. The number of hydrogen-bond acceptors (Lipinski definition) is 4. The van der Waals surface area contributed by atoms with Crippen LogP contribution in [-0.2, 0) is 14.3 Å². The van der Waals surface area contributed by atoms with Crippen molar-refractivity contribution in [2.45, 2.75) is 44.5 Å². The highest BCUT2D eigenvalue weighted by Crippen LogP contribution is 2.21. The van der Waals surface area contributed by atoms with Crippen LogP contribution in [0, 0.1) is 0 Å². The van der Waals surface area contributed by atoms with Crippen molar-refractivity contribution in [2.75, 3.05) is 13.6 Å². The Balaban J connectivity index is 2.40. The predicted octanol–water partition coefficient (Wildman–Crippen LogP) is -0.152. The Labute approximate surface area is 100 Å². The number of likely N-dealkylation sites (N-methyl/N-ethyl adjacent to an activating group) is 1. The standard InChI is InChI=1S/C11H19NO5/c1-7(13)5-6-12(2)10(14)8-3-4-9(17-8)11(15)16/h7-9,13H,3-6H2,1-2H3,(H,15,16). The van der Waals surface area contributed by atoms with Gasteiger partial charge in [0.05, 0.1) is 6.10 Å². The molecule has 6 nitrogen and oxygen atoms in total. The Kier molecular flexibility index (Phi) is 4.89. The van der Waals surface area contributed by atoms with Gasteiger partial charge in [-0.25, -0.2) is 4.79 Å². The van der Waals surface area contributed by atoms with Crippen LogP contribution in [0.1, 0.15) is 26.2 Å². The van der Waals surface area contributed by atoms with Gasteiger partial charge in [-0.3, -0.25) is 4.79 Å². The summed E-state index contributed by atoms with van der Waals surface area (Å²) >= 11 is 0. The number of aliphatic hydroxyl groups is 1. The molecule has 0 aromatic carbocycles. The van der Waals surface area contributed by atoms with Gasteiger partial charge in [0.15, 0.2) is 6.10 Å². The van der Waals surface area contributed by atoms with E-state index in [-0.39, 0.29) is 5.91 Å². The number of hydrogen-bond donors (Lipinski definition) is 2. The van der Waals surface area contributed by atoms with Crippen LogP contribution in [0.2, 0.25) is 0 Å². The third-order valence-corrected chi connectivity index (χ3v) is 2.83. The van der Waals surface area contributed by atoms with Gasteiger partial charge >= 0.3 is 5.97 Å². The zero-order chi connectivity index (χ0) is 13.0. The summed E-state index contributed by atoms with van der Waals surface area (Å²) in [5, 5.41) is 17.9. The van der Waals surface area contributed by atoms with Crippen molar-refractivity contribution in [3.05, 3.63) is 0 Å². The van der Waals surface area contributed by atoms with Crippen molar-refractivity contribution < 1.29 is 24.5 Å². The van der Waals surface area contributed by atoms with Crippen LogP contribution in [0.4, 0.5) is 0 Å². The summed E-state index contributed by atoms with van der Waals surface area (Å²) < 4.78 is 5.16. The van der Waals surface area contributed by atoms with E-state index in [0.717, 1.165) is 0 Å². The summed E-state index contributed by atoms with van der Waals surface area (Å²) in [6, 6.07) is 0. The first-order valence-electron chi connectivity index (χ1n) is 5.73. The fourth-order valence-corrected chi connectivity index (χ4v) is 1.74. The van der Waals surface area contributed by atoms with E-state index in [0.29, 0.717) is 25.8 Å². The van der Waals surface area contributed by atoms with Gasteiger partial charge in [-0.05, 0) is 26.2 Å². The Hall–Kier alpha value is -1.14. The molecule has 1 rings (SSSR count). The van der Waals surface area contributed by atoms with E-state index in [2.05, 4.69) is 0 Å². The minimum Gasteiger partial charge on any atom is -0.479 e. The third kappa shape index (κ3) is 3.98. The lowest BCUT2D eigenvalue weighted by atomic mass is 10.1. The first kappa shape index (κ1) is 13.9. The van der Waals surface area contributed by atoms with Gasteiger partial charge in [-0.1, -0.05) is 0 Å². The fourth-order valence-electron chi connectivity index (χ4n) is 1.74. The molecule has 3 atom stereocenters. The summed E-state index contributed by atoms with van der Waals surface area (Å²) in [5.74, 6) is -1.23. The number of aliphatic carboxylic acids is 1. The lowest BCUT2D eigenvalue weighted by Gasteiger charge is -2.21. The van der Waals surface area contributed by atoms with Gasteiger partial charge in [-0.15, -0.1) is 0 Å². The smallest absolute Gasteiger partial charge is 0.332 e. The molecule has 0 aliphatic carbocycles. The average molecular weight is 245 g/mol. The highest BCUT2D eigenvalue weighted by molar-refractivity contribution is 5.82. The number of carboxylic acids is 1. The van der Waals surface area contributed by atoms with Crippen molar-refractivity contribution in [3.8, 4) is 0 Å². The summed E-state index contributed by atoms with van der Waals surface area (Å²) in [6.07, 6.45) is -0.673. The average Bonchev–Trinajstić information content (AvgIpc) is 2.73. The second-order valence-corrected chi connectivity index (χ2v) is 4.43. The predicted molar refractivity (Wildman–Crippen MR) is 59.5 cm³/mol. The first-order chi connectivity index (χ1) is 7.91. The van der Waals surface area contributed by atoms with Crippen molar-refractivity contribution in [1.29, 1.82) is 0 Å². The molecule has 1 fully saturated rings. The SMILES string of the molecule is CC(O)CCN(C)C(=O)C1CCC(C(=O)O)O1. The van der Waals surface area contributed by atoms with Crippen LogP contribution in [0.5, 0.6) is 0 Å². The van der Waals surface area contributed by atoms with Crippen molar-refractivity contribution in [3.63, 3.8) is 0 Å². The fraction of sp³-hybridized carbons (Fsp3) is 0.818. The number of rotatable bonds is 5. The van der Waals surface area contributed by atoms with Crippen LogP contribution < -0.4 is 0 Å². The van der Waals surface area contributed by atoms with E-state index in [9.17, 15) is 9.59 Å². The van der Waals surface area contributed by atoms with Crippen molar-refractivity contribution >= 4 is 11.9 Å². The second-order valence-electron chi connectivity index (χ2n) is 4.43. The molecule has 1 heterocycles. The monoisotopic (exact) mass is 245 g/mol. The van der Waals surface area contributed by atoms with E-state index in [1.807, 2.05) is 0 Å². The van der Waals surface area contributed by atoms with E-state index in [1.165, 1.54) is 4.90 Å². The molecule has 17 heavy (non-hydrogen) atoms. The minimum absolute atomic E-state index is 0.214. The normalized spacial score (nSPS) is 25.6. The van der Waals surface area contributed by atoms with Gasteiger partial charge < -0.3 is 19.8 Å².